The van der Waals surface area contributed by atoms with E-state index in [0.29, 0.717) is 0 Å². The number of nitrogens with zero attached hydrogens (tertiary/aromatic N) is 4. The first-order valence-corrected chi connectivity index (χ1v) is 9.18. The van der Waals surface area contributed by atoms with Crippen LogP contribution in [0, 0.1) is 0 Å². The zero-order valence-electron chi connectivity index (χ0n) is 15.0. The highest BCUT2D eigenvalue weighted by Crippen LogP contribution is 2.35. The number of aromatic amines is 1. The first-order chi connectivity index (χ1) is 12.8. The third kappa shape index (κ3) is 3.32. The Morgan fingerprint density at radius 2 is 1.81 bits per heavy atom. The molecule has 1 aliphatic heterocycles. The van der Waals surface area contributed by atoms with Gasteiger partial charge < -0.3 is 10.2 Å². The van der Waals surface area contributed by atoms with Gasteiger partial charge in [-0.15, -0.1) is 0 Å². The van der Waals surface area contributed by atoms with Gasteiger partial charge in [0, 0.05) is 36.7 Å². The summed E-state index contributed by atoms with van der Waals surface area (Å²) in [6.45, 7) is 5.39. The molecular formula is C20H24N6. The molecule has 134 valence electrons. The normalized spacial score (nSPS) is 17.1. The lowest BCUT2D eigenvalue weighted by Crippen LogP contribution is -2.47. The number of pyridine rings is 1. The summed E-state index contributed by atoms with van der Waals surface area (Å²) in [5.74, 6) is 1.62. The van der Waals surface area contributed by atoms with E-state index in [9.17, 15) is 0 Å². The van der Waals surface area contributed by atoms with Crippen LogP contribution in [0.5, 0.6) is 0 Å². The van der Waals surface area contributed by atoms with Gasteiger partial charge in [0.1, 0.15) is 0 Å². The molecule has 6 heteroatoms. The number of hydrogen-bond acceptors (Lipinski definition) is 5. The molecule has 4 rings (SSSR count). The van der Waals surface area contributed by atoms with Gasteiger partial charge in [-0.3, -0.25) is 10.1 Å². The fourth-order valence-corrected chi connectivity index (χ4v) is 3.58. The van der Waals surface area contributed by atoms with Gasteiger partial charge in [-0.2, -0.15) is 5.10 Å². The van der Waals surface area contributed by atoms with E-state index in [1.807, 2.05) is 18.2 Å². The smallest absolute Gasteiger partial charge is 0.181 e. The van der Waals surface area contributed by atoms with Crippen molar-refractivity contribution in [2.24, 2.45) is 0 Å². The van der Waals surface area contributed by atoms with Gasteiger partial charge in [-0.05, 0) is 43.7 Å². The molecule has 0 radical (unpaired) electrons. The van der Waals surface area contributed by atoms with Crippen molar-refractivity contribution in [2.45, 2.75) is 25.3 Å². The number of likely N-dealkylation sites (tertiary alicyclic amines) is 1. The monoisotopic (exact) mass is 348 g/mol. The Morgan fingerprint density at radius 3 is 2.50 bits per heavy atom. The van der Waals surface area contributed by atoms with Crippen molar-refractivity contribution < 1.29 is 0 Å². The van der Waals surface area contributed by atoms with Crippen LogP contribution in [0.25, 0.3) is 11.4 Å². The van der Waals surface area contributed by atoms with Crippen molar-refractivity contribution in [1.29, 1.82) is 0 Å². The van der Waals surface area contributed by atoms with Crippen LogP contribution >= 0.6 is 0 Å². The highest BCUT2D eigenvalue weighted by Gasteiger charge is 2.39. The quantitative estimate of drug-likeness (QED) is 0.740. The number of benzene rings is 1. The predicted molar refractivity (Wildman–Crippen MR) is 103 cm³/mol. The third-order valence-electron chi connectivity index (χ3n) is 5.19. The van der Waals surface area contributed by atoms with E-state index in [0.717, 1.165) is 55.4 Å². The lowest BCUT2D eigenvalue weighted by molar-refractivity contribution is 0.175. The third-order valence-corrected chi connectivity index (χ3v) is 5.19. The van der Waals surface area contributed by atoms with Crippen molar-refractivity contribution in [1.82, 2.24) is 25.1 Å². The minimum atomic E-state index is -0.231. The van der Waals surface area contributed by atoms with E-state index in [1.54, 1.807) is 12.4 Å². The Labute approximate surface area is 153 Å². The second kappa shape index (κ2) is 7.25. The molecule has 0 aliphatic carbocycles. The van der Waals surface area contributed by atoms with Crippen LogP contribution in [0.3, 0.4) is 0 Å². The maximum Gasteiger partial charge on any atom is 0.181 e. The molecule has 3 heterocycles. The van der Waals surface area contributed by atoms with Crippen molar-refractivity contribution >= 4 is 5.69 Å². The highest BCUT2D eigenvalue weighted by molar-refractivity contribution is 5.54. The van der Waals surface area contributed by atoms with Crippen LogP contribution in [0.4, 0.5) is 5.69 Å². The number of para-hydroxylation sites is 1. The van der Waals surface area contributed by atoms with Crippen LogP contribution in [0.2, 0.25) is 0 Å². The molecule has 2 aromatic heterocycles. The van der Waals surface area contributed by atoms with E-state index in [1.165, 1.54) is 0 Å². The molecular weight excluding hydrogens is 324 g/mol. The van der Waals surface area contributed by atoms with Gasteiger partial charge in [0.15, 0.2) is 11.6 Å². The topological polar surface area (TPSA) is 69.7 Å². The number of hydrogen-bond donors (Lipinski definition) is 2. The molecule has 2 N–H and O–H groups in total. The average molecular weight is 348 g/mol. The molecule has 26 heavy (non-hydrogen) atoms. The first kappa shape index (κ1) is 16.7. The summed E-state index contributed by atoms with van der Waals surface area (Å²) in [4.78, 5) is 11.4. The molecule has 0 bridgehead atoms. The molecule has 3 aromatic rings. The fourth-order valence-electron chi connectivity index (χ4n) is 3.58. The van der Waals surface area contributed by atoms with Crippen LogP contribution in [0.15, 0.2) is 54.9 Å². The van der Waals surface area contributed by atoms with Gasteiger partial charge in [-0.1, -0.05) is 25.1 Å². The van der Waals surface area contributed by atoms with Crippen molar-refractivity contribution in [3.63, 3.8) is 0 Å². The molecule has 1 aromatic carbocycles. The Balaban J connectivity index is 1.66. The molecule has 1 aliphatic rings. The highest BCUT2D eigenvalue weighted by atomic mass is 15.3. The molecule has 0 saturated carbocycles. The molecule has 1 fully saturated rings. The summed E-state index contributed by atoms with van der Waals surface area (Å²) in [6, 6.07) is 14.2. The van der Waals surface area contributed by atoms with Crippen LogP contribution in [0.1, 0.15) is 25.6 Å². The maximum atomic E-state index is 4.85. The number of H-pyrrole nitrogens is 1. The Hall–Kier alpha value is -2.73. The first-order valence-electron chi connectivity index (χ1n) is 9.18. The standard InChI is InChI=1S/C20H24N6/c1-2-26-14-10-20(11-15-26,23-17-6-4-3-5-7-17)19-22-18(24-25-19)16-8-12-21-13-9-16/h3-9,12-13,23H,2,10-11,14-15H2,1H3,(H,22,24,25). The second-order valence-electron chi connectivity index (χ2n) is 6.75. The Kier molecular flexibility index (Phi) is 4.67. The zero-order valence-corrected chi connectivity index (χ0v) is 15.0. The summed E-state index contributed by atoms with van der Waals surface area (Å²) in [5.41, 5.74) is 1.85. The number of anilines is 1. The summed E-state index contributed by atoms with van der Waals surface area (Å²) in [6.07, 6.45) is 5.51. The minimum absolute atomic E-state index is 0.231. The van der Waals surface area contributed by atoms with E-state index < -0.39 is 0 Å². The largest absolute Gasteiger partial charge is 0.373 e. The number of rotatable bonds is 5. The van der Waals surface area contributed by atoms with Crippen molar-refractivity contribution in [3.05, 3.63) is 60.7 Å². The predicted octanol–water partition coefficient (Wildman–Crippen LogP) is 3.29. The minimum Gasteiger partial charge on any atom is -0.373 e. The Morgan fingerprint density at radius 1 is 1.08 bits per heavy atom. The molecule has 0 atom stereocenters. The lowest BCUT2D eigenvalue weighted by atomic mass is 9.86. The van der Waals surface area contributed by atoms with Gasteiger partial charge in [0.25, 0.3) is 0 Å². The van der Waals surface area contributed by atoms with Crippen molar-refractivity contribution in [2.75, 3.05) is 25.0 Å². The second-order valence-corrected chi connectivity index (χ2v) is 6.75. The lowest BCUT2D eigenvalue weighted by Gasteiger charge is -2.41. The zero-order chi connectivity index (χ0) is 17.8. The van der Waals surface area contributed by atoms with E-state index in [2.05, 4.69) is 56.6 Å². The number of piperidine rings is 1. The van der Waals surface area contributed by atoms with Crippen LogP contribution < -0.4 is 5.32 Å². The molecule has 0 amide bonds. The van der Waals surface area contributed by atoms with Crippen LogP contribution in [-0.4, -0.2) is 44.7 Å². The fraction of sp³-hybridized carbons (Fsp3) is 0.350. The summed E-state index contributed by atoms with van der Waals surface area (Å²) >= 11 is 0. The van der Waals surface area contributed by atoms with E-state index in [-0.39, 0.29) is 5.54 Å². The summed E-state index contributed by atoms with van der Waals surface area (Å²) in [7, 11) is 0. The summed E-state index contributed by atoms with van der Waals surface area (Å²) < 4.78 is 0. The van der Waals surface area contributed by atoms with E-state index in [4.69, 9.17) is 4.98 Å². The number of nitrogens with one attached hydrogen (secondary N) is 2. The van der Waals surface area contributed by atoms with Gasteiger partial charge >= 0.3 is 0 Å². The van der Waals surface area contributed by atoms with Gasteiger partial charge in [0.2, 0.25) is 0 Å². The van der Waals surface area contributed by atoms with Gasteiger partial charge in [-0.25, -0.2) is 4.98 Å². The Bertz CT molecular complexity index is 822. The molecule has 0 unspecified atom stereocenters. The van der Waals surface area contributed by atoms with Crippen LogP contribution in [-0.2, 0) is 5.54 Å². The maximum absolute atomic E-state index is 4.85. The summed E-state index contributed by atoms with van der Waals surface area (Å²) in [5, 5.41) is 11.4. The number of aromatic nitrogens is 4. The van der Waals surface area contributed by atoms with Gasteiger partial charge in [0.05, 0.1) is 5.54 Å². The van der Waals surface area contributed by atoms with Crippen molar-refractivity contribution in [3.8, 4) is 11.4 Å². The van der Waals surface area contributed by atoms with E-state index >= 15 is 0 Å². The average Bonchev–Trinajstić information content (AvgIpc) is 3.21. The SMILES string of the molecule is CCN1CCC(Nc2ccccc2)(c2nc(-c3ccncc3)n[nH]2)CC1. The molecule has 1 saturated heterocycles. The molecule has 6 nitrogen and oxygen atoms in total. The molecule has 0 spiro atoms.